The zero-order chi connectivity index (χ0) is 23.5. The first kappa shape index (κ1) is 21.2. The fourth-order valence-corrected chi connectivity index (χ4v) is 3.17. The second kappa shape index (κ2) is 8.59. The highest BCUT2D eigenvalue weighted by atomic mass is 16.6. The predicted octanol–water partition coefficient (Wildman–Crippen LogP) is 6.23. The molecule has 33 heavy (non-hydrogen) atoms. The van der Waals surface area contributed by atoms with Gasteiger partial charge in [0.25, 0.3) is 5.69 Å². The summed E-state index contributed by atoms with van der Waals surface area (Å²) in [4.78, 5) is 20.3. The van der Waals surface area contributed by atoms with Crippen molar-refractivity contribution in [3.8, 4) is 11.5 Å². The highest BCUT2D eigenvalue weighted by Gasteiger charge is 2.24. The molecule has 0 atom stereocenters. The molecule has 3 N–H and O–H groups in total. The van der Waals surface area contributed by atoms with Crippen LogP contribution in [0.5, 0.6) is 11.5 Å². The number of aromatic hydroxyl groups is 2. The molecule has 0 amide bonds. The van der Waals surface area contributed by atoms with Crippen molar-refractivity contribution in [3.63, 3.8) is 0 Å². The second-order valence-corrected chi connectivity index (χ2v) is 6.91. The van der Waals surface area contributed by atoms with E-state index >= 15 is 0 Å². The van der Waals surface area contributed by atoms with Crippen molar-refractivity contribution in [3.05, 3.63) is 93.0 Å². The molecule has 164 valence electrons. The fourth-order valence-electron chi connectivity index (χ4n) is 3.17. The maximum absolute atomic E-state index is 11.1. The number of non-ortho nitro benzene ring substituents is 1. The summed E-state index contributed by atoms with van der Waals surface area (Å²) in [5.74, 6) is -1.08. The van der Waals surface area contributed by atoms with Crippen molar-refractivity contribution < 1.29 is 20.1 Å². The largest absolute Gasteiger partial charge is 0.505 e. The molecule has 4 rings (SSSR count). The number of benzene rings is 4. The number of nitrogens with one attached hydrogen (secondary N) is 1. The Morgan fingerprint density at radius 2 is 1.45 bits per heavy atom. The van der Waals surface area contributed by atoms with Crippen LogP contribution in [0, 0.1) is 20.2 Å². The standard InChI is InChI=1S/C22H15N5O6/c28-21-17-8-7-15(23-14-4-2-1-3-5-14)10-13(17)6-9-18(21)24-25-19-11-16(26(30)31)12-20(22(19)29)27(32)33/h1-12,23,28-29H. The number of fused-ring (bicyclic) bond motifs is 1. The molecule has 0 unspecified atom stereocenters. The van der Waals surface area contributed by atoms with Crippen molar-refractivity contribution in [2.45, 2.75) is 0 Å². The highest BCUT2D eigenvalue weighted by Crippen LogP contribution is 2.42. The highest BCUT2D eigenvalue weighted by molar-refractivity contribution is 5.94. The van der Waals surface area contributed by atoms with Crippen molar-refractivity contribution in [2.75, 3.05) is 5.32 Å². The normalized spacial score (nSPS) is 11.0. The number of hydrogen-bond acceptors (Lipinski definition) is 9. The summed E-state index contributed by atoms with van der Waals surface area (Å²) in [7, 11) is 0. The number of nitrogens with zero attached hydrogens (tertiary/aromatic N) is 4. The first-order valence-electron chi connectivity index (χ1n) is 9.49. The van der Waals surface area contributed by atoms with Gasteiger partial charge in [-0.2, -0.15) is 0 Å². The number of nitro groups is 2. The molecule has 11 nitrogen and oxygen atoms in total. The smallest absolute Gasteiger partial charge is 0.319 e. The first-order chi connectivity index (χ1) is 15.8. The lowest BCUT2D eigenvalue weighted by Gasteiger charge is -2.09. The second-order valence-electron chi connectivity index (χ2n) is 6.91. The summed E-state index contributed by atoms with van der Waals surface area (Å²) < 4.78 is 0. The average Bonchev–Trinajstić information content (AvgIpc) is 2.79. The summed E-state index contributed by atoms with van der Waals surface area (Å²) >= 11 is 0. The van der Waals surface area contributed by atoms with Crippen molar-refractivity contribution in [1.82, 2.24) is 0 Å². The van der Waals surface area contributed by atoms with E-state index in [1.165, 1.54) is 6.07 Å². The van der Waals surface area contributed by atoms with Crippen LogP contribution in [0.1, 0.15) is 0 Å². The molecule has 0 radical (unpaired) electrons. The molecule has 0 aliphatic heterocycles. The van der Waals surface area contributed by atoms with Crippen LogP contribution in [-0.2, 0) is 0 Å². The minimum Gasteiger partial charge on any atom is -0.505 e. The van der Waals surface area contributed by atoms with Crippen LogP contribution in [0.4, 0.5) is 34.1 Å². The number of phenols is 2. The van der Waals surface area contributed by atoms with E-state index in [2.05, 4.69) is 15.5 Å². The van der Waals surface area contributed by atoms with Crippen LogP contribution in [-0.4, -0.2) is 20.1 Å². The van der Waals surface area contributed by atoms with E-state index in [9.17, 15) is 30.4 Å². The molecule has 0 fully saturated rings. The third-order valence-corrected chi connectivity index (χ3v) is 4.76. The van der Waals surface area contributed by atoms with Crippen LogP contribution in [0.2, 0.25) is 0 Å². The van der Waals surface area contributed by atoms with E-state index in [1.807, 2.05) is 36.4 Å². The number of para-hydroxylation sites is 1. The number of phenolic OH excluding ortho intramolecular Hbond substituents is 2. The Kier molecular flexibility index (Phi) is 5.51. The molecule has 0 saturated heterocycles. The third-order valence-electron chi connectivity index (χ3n) is 4.76. The summed E-state index contributed by atoms with van der Waals surface area (Å²) in [5, 5.41) is 54.7. The fraction of sp³-hybridized carbons (Fsp3) is 0. The van der Waals surface area contributed by atoms with Gasteiger partial charge >= 0.3 is 5.69 Å². The summed E-state index contributed by atoms with van der Waals surface area (Å²) in [6.45, 7) is 0. The molecule has 0 aromatic heterocycles. The number of hydrogen-bond donors (Lipinski definition) is 3. The Morgan fingerprint density at radius 1 is 0.727 bits per heavy atom. The van der Waals surface area contributed by atoms with E-state index in [1.54, 1.807) is 18.2 Å². The van der Waals surface area contributed by atoms with Gasteiger partial charge in [-0.05, 0) is 41.8 Å². The van der Waals surface area contributed by atoms with Gasteiger partial charge in [-0.15, -0.1) is 10.2 Å². The van der Waals surface area contributed by atoms with Crippen LogP contribution in [0.15, 0.2) is 83.0 Å². The summed E-state index contributed by atoms with van der Waals surface area (Å²) in [6.07, 6.45) is 0. The van der Waals surface area contributed by atoms with Crippen molar-refractivity contribution in [1.29, 1.82) is 0 Å². The topological polar surface area (TPSA) is 163 Å². The van der Waals surface area contributed by atoms with Gasteiger partial charge in [0.2, 0.25) is 5.75 Å². The van der Waals surface area contributed by atoms with Crippen LogP contribution in [0.3, 0.4) is 0 Å². The van der Waals surface area contributed by atoms with Crippen LogP contribution in [0.25, 0.3) is 10.8 Å². The van der Waals surface area contributed by atoms with Gasteiger partial charge in [-0.3, -0.25) is 20.2 Å². The predicted molar refractivity (Wildman–Crippen MR) is 121 cm³/mol. The molecular weight excluding hydrogens is 430 g/mol. The lowest BCUT2D eigenvalue weighted by atomic mass is 10.1. The zero-order valence-electron chi connectivity index (χ0n) is 16.7. The lowest BCUT2D eigenvalue weighted by molar-refractivity contribution is -0.394. The van der Waals surface area contributed by atoms with Crippen LogP contribution >= 0.6 is 0 Å². The van der Waals surface area contributed by atoms with Gasteiger partial charge in [0.1, 0.15) is 11.4 Å². The Hall–Kier alpha value is -5.06. The van der Waals surface area contributed by atoms with E-state index < -0.39 is 32.7 Å². The minimum atomic E-state index is -0.962. The third kappa shape index (κ3) is 4.37. The maximum Gasteiger partial charge on any atom is 0.319 e. The van der Waals surface area contributed by atoms with Crippen molar-refractivity contribution >= 4 is 44.9 Å². The molecule has 0 bridgehead atoms. The Balaban J connectivity index is 1.68. The van der Waals surface area contributed by atoms with Gasteiger partial charge in [0.05, 0.1) is 15.9 Å². The molecule has 4 aromatic rings. The van der Waals surface area contributed by atoms with E-state index in [4.69, 9.17) is 0 Å². The van der Waals surface area contributed by atoms with Gasteiger partial charge in [-0.1, -0.05) is 24.3 Å². The van der Waals surface area contributed by atoms with E-state index in [0.29, 0.717) is 16.8 Å². The minimum absolute atomic E-state index is 0.0137. The Labute approximate surface area is 185 Å². The molecule has 4 aromatic carbocycles. The van der Waals surface area contributed by atoms with E-state index in [-0.39, 0.29) is 11.4 Å². The van der Waals surface area contributed by atoms with Crippen LogP contribution < -0.4 is 5.32 Å². The average molecular weight is 445 g/mol. The molecule has 0 aliphatic carbocycles. The van der Waals surface area contributed by atoms with Gasteiger partial charge < -0.3 is 15.5 Å². The molecule has 0 spiro atoms. The van der Waals surface area contributed by atoms with E-state index in [0.717, 1.165) is 17.4 Å². The molecule has 0 saturated carbocycles. The first-order valence-corrected chi connectivity index (χ1v) is 9.49. The zero-order valence-corrected chi connectivity index (χ0v) is 16.7. The summed E-state index contributed by atoms with van der Waals surface area (Å²) in [6, 6.07) is 19.5. The SMILES string of the molecule is O=[N+]([O-])c1cc(N=Nc2ccc3cc(Nc4ccccc4)ccc3c2O)c(O)c([N+](=O)[O-])c1. The molecule has 0 aliphatic rings. The summed E-state index contributed by atoms with van der Waals surface area (Å²) in [5.41, 5.74) is -0.264. The monoisotopic (exact) mass is 445 g/mol. The number of azo groups is 1. The molecule has 11 heteroatoms. The Bertz CT molecular complexity index is 1420. The lowest BCUT2D eigenvalue weighted by Crippen LogP contribution is -1.93. The number of rotatable bonds is 6. The molecule has 0 heterocycles. The van der Waals surface area contributed by atoms with Gasteiger partial charge in [0, 0.05) is 22.8 Å². The molecular formula is C22H15N5O6. The van der Waals surface area contributed by atoms with Gasteiger partial charge in [-0.25, -0.2) is 0 Å². The maximum atomic E-state index is 11.1. The number of nitro benzene ring substituents is 2. The quantitative estimate of drug-likeness (QED) is 0.180. The van der Waals surface area contributed by atoms with Crippen molar-refractivity contribution in [2.24, 2.45) is 10.2 Å². The van der Waals surface area contributed by atoms with Gasteiger partial charge in [0.15, 0.2) is 5.75 Å². The Morgan fingerprint density at radius 3 is 2.15 bits per heavy atom. The number of anilines is 2.